The van der Waals surface area contributed by atoms with Crippen molar-refractivity contribution < 1.29 is 0 Å². The second-order valence-corrected chi connectivity index (χ2v) is 8.17. The first kappa shape index (κ1) is 22.1. The summed E-state index contributed by atoms with van der Waals surface area (Å²) in [6, 6.07) is 10.5. The molecule has 2 aromatic rings. The van der Waals surface area contributed by atoms with Gasteiger partial charge in [-0.2, -0.15) is 0 Å². The molecule has 0 bridgehead atoms. The van der Waals surface area contributed by atoms with Crippen molar-refractivity contribution in [1.82, 2.24) is 14.8 Å². The summed E-state index contributed by atoms with van der Waals surface area (Å²) in [7, 11) is 0. The fraction of sp³-hybridized carbons (Fsp3) is 0.400. The van der Waals surface area contributed by atoms with E-state index >= 15 is 0 Å². The summed E-state index contributed by atoms with van der Waals surface area (Å²) in [5.41, 5.74) is 11.5. The van der Waals surface area contributed by atoms with E-state index in [2.05, 4.69) is 48.8 Å². The van der Waals surface area contributed by atoms with Crippen LogP contribution in [0.1, 0.15) is 35.2 Å². The Bertz CT molecular complexity index is 952. The predicted octanol–water partition coefficient (Wildman–Crippen LogP) is 3.50. The van der Waals surface area contributed by atoms with Crippen LogP contribution < -0.4 is 16.6 Å². The topological polar surface area (TPSA) is 63.3 Å². The lowest BCUT2D eigenvalue weighted by molar-refractivity contribution is 0.190. The van der Waals surface area contributed by atoms with Gasteiger partial charge >= 0.3 is 0 Å². The third-order valence-corrected chi connectivity index (χ3v) is 6.04. The normalized spacial score (nSPS) is 15.7. The Balaban J connectivity index is 1.50. The fourth-order valence-corrected chi connectivity index (χ4v) is 3.96. The van der Waals surface area contributed by atoms with Gasteiger partial charge in [0.05, 0.1) is 11.4 Å². The van der Waals surface area contributed by atoms with Gasteiger partial charge in [0, 0.05) is 31.7 Å². The number of aryl methyl sites for hydroxylation is 2. The van der Waals surface area contributed by atoms with Crippen molar-refractivity contribution in [2.75, 3.05) is 25.4 Å². The second kappa shape index (κ2) is 10.4. The molecule has 5 nitrogen and oxygen atoms in total. The largest absolute Gasteiger partial charge is 0.397 e. The molecule has 1 aliphatic rings. The van der Waals surface area contributed by atoms with Crippen LogP contribution in [0.3, 0.4) is 0 Å². The van der Waals surface area contributed by atoms with E-state index < -0.39 is 0 Å². The average molecular weight is 407 g/mol. The lowest BCUT2D eigenvalue weighted by atomic mass is 10.0. The van der Waals surface area contributed by atoms with Gasteiger partial charge in [0.1, 0.15) is 0 Å². The molecule has 0 unspecified atom stereocenters. The van der Waals surface area contributed by atoms with Gasteiger partial charge in [-0.25, -0.2) is 0 Å². The number of aromatic nitrogens is 1. The number of nitrogens with two attached hydrogens (primary N) is 1. The standard InChI is InChI=1S/C25H34N4O/c1-4-5-6-24-23(26)9-10-25(30)29(24)16-15-28-13-11-22(12-14-28)27-18-21-8-7-19(2)20(3)17-21/h4-10,17,22,27H,1,11-16,18,26H2,2-3H3/b6-5-. The van der Waals surface area contributed by atoms with Crippen LogP contribution in [0.4, 0.5) is 5.69 Å². The number of allylic oxidation sites excluding steroid dienone is 2. The molecule has 1 saturated heterocycles. The highest BCUT2D eigenvalue weighted by molar-refractivity contribution is 5.61. The van der Waals surface area contributed by atoms with Crippen molar-refractivity contribution in [1.29, 1.82) is 0 Å². The molecule has 5 heteroatoms. The van der Waals surface area contributed by atoms with Gasteiger partial charge in [0.15, 0.2) is 0 Å². The molecule has 1 aromatic carbocycles. The molecule has 160 valence electrons. The van der Waals surface area contributed by atoms with Gasteiger partial charge in [-0.3, -0.25) is 4.79 Å². The molecule has 1 fully saturated rings. The number of nitrogens with one attached hydrogen (secondary N) is 1. The molecule has 1 aliphatic heterocycles. The van der Waals surface area contributed by atoms with Crippen LogP contribution >= 0.6 is 0 Å². The molecule has 1 aromatic heterocycles. The van der Waals surface area contributed by atoms with E-state index in [1.54, 1.807) is 22.8 Å². The lowest BCUT2D eigenvalue weighted by Gasteiger charge is -2.32. The minimum Gasteiger partial charge on any atom is -0.397 e. The van der Waals surface area contributed by atoms with Crippen molar-refractivity contribution >= 4 is 11.8 Å². The number of piperidine rings is 1. The van der Waals surface area contributed by atoms with Gasteiger partial charge in [-0.05, 0) is 68.6 Å². The highest BCUT2D eigenvalue weighted by Gasteiger charge is 2.19. The Kier molecular flexibility index (Phi) is 7.66. The summed E-state index contributed by atoms with van der Waals surface area (Å²) >= 11 is 0. The van der Waals surface area contributed by atoms with Gasteiger partial charge in [-0.1, -0.05) is 36.9 Å². The van der Waals surface area contributed by atoms with Crippen LogP contribution in [0.2, 0.25) is 0 Å². The number of benzene rings is 1. The van der Waals surface area contributed by atoms with E-state index in [1.165, 1.54) is 16.7 Å². The van der Waals surface area contributed by atoms with Crippen molar-refractivity contribution in [3.05, 3.63) is 81.8 Å². The first-order valence-corrected chi connectivity index (χ1v) is 10.8. The molecule has 3 N–H and O–H groups in total. The smallest absolute Gasteiger partial charge is 0.251 e. The summed E-state index contributed by atoms with van der Waals surface area (Å²) in [6.07, 6.45) is 7.61. The maximum Gasteiger partial charge on any atom is 0.251 e. The Labute approximate surface area is 179 Å². The summed E-state index contributed by atoms with van der Waals surface area (Å²) < 4.78 is 1.76. The molecule has 0 saturated carbocycles. The van der Waals surface area contributed by atoms with Crippen LogP contribution in [0.15, 0.2) is 53.9 Å². The molecule has 0 radical (unpaired) electrons. The zero-order valence-electron chi connectivity index (χ0n) is 18.2. The number of likely N-dealkylation sites (tertiary alicyclic amines) is 1. The second-order valence-electron chi connectivity index (χ2n) is 8.17. The van der Waals surface area contributed by atoms with E-state index in [9.17, 15) is 4.79 Å². The van der Waals surface area contributed by atoms with Crippen molar-refractivity contribution in [2.24, 2.45) is 0 Å². The Hall–Kier alpha value is -2.63. The minimum atomic E-state index is -0.0159. The monoisotopic (exact) mass is 406 g/mol. The summed E-state index contributed by atoms with van der Waals surface area (Å²) in [6.45, 7) is 12.5. The molecule has 30 heavy (non-hydrogen) atoms. The van der Waals surface area contributed by atoms with Crippen LogP contribution in [-0.2, 0) is 13.1 Å². The summed E-state index contributed by atoms with van der Waals surface area (Å²) in [4.78, 5) is 14.8. The molecule has 0 spiro atoms. The summed E-state index contributed by atoms with van der Waals surface area (Å²) in [5.74, 6) is 0. The van der Waals surface area contributed by atoms with E-state index in [4.69, 9.17) is 5.73 Å². The van der Waals surface area contributed by atoms with Gasteiger partial charge in [0.2, 0.25) is 0 Å². The fourth-order valence-electron chi connectivity index (χ4n) is 3.96. The van der Waals surface area contributed by atoms with Gasteiger partial charge < -0.3 is 20.5 Å². The average Bonchev–Trinajstić information content (AvgIpc) is 2.75. The molecule has 0 aliphatic carbocycles. The Morgan fingerprint density at radius 2 is 1.90 bits per heavy atom. The highest BCUT2D eigenvalue weighted by Crippen LogP contribution is 2.15. The molecular formula is C25H34N4O. The van der Waals surface area contributed by atoms with E-state index in [1.807, 2.05) is 12.2 Å². The van der Waals surface area contributed by atoms with Crippen LogP contribution in [0, 0.1) is 13.8 Å². The zero-order chi connectivity index (χ0) is 21.5. The molecule has 2 heterocycles. The van der Waals surface area contributed by atoms with E-state index in [0.29, 0.717) is 18.3 Å². The van der Waals surface area contributed by atoms with Gasteiger partial charge in [0.25, 0.3) is 5.56 Å². The van der Waals surface area contributed by atoms with Crippen molar-refractivity contribution in [3.63, 3.8) is 0 Å². The quantitative estimate of drug-likeness (QED) is 0.659. The molecule has 0 atom stereocenters. The lowest BCUT2D eigenvalue weighted by Crippen LogP contribution is -2.43. The van der Waals surface area contributed by atoms with Crippen LogP contribution in [0.25, 0.3) is 6.08 Å². The number of rotatable bonds is 8. The predicted molar refractivity (Wildman–Crippen MR) is 127 cm³/mol. The Morgan fingerprint density at radius 1 is 1.13 bits per heavy atom. The summed E-state index contributed by atoms with van der Waals surface area (Å²) in [5, 5.41) is 3.71. The van der Waals surface area contributed by atoms with Crippen molar-refractivity contribution in [3.8, 4) is 0 Å². The molecule has 3 rings (SSSR count). The Morgan fingerprint density at radius 3 is 2.60 bits per heavy atom. The number of pyridine rings is 1. The van der Waals surface area contributed by atoms with Crippen molar-refractivity contribution in [2.45, 2.75) is 45.8 Å². The maximum absolute atomic E-state index is 12.4. The maximum atomic E-state index is 12.4. The van der Waals surface area contributed by atoms with E-state index in [-0.39, 0.29) is 5.56 Å². The number of nitrogens with zero attached hydrogens (tertiary/aromatic N) is 2. The first-order chi connectivity index (χ1) is 14.5. The zero-order valence-corrected chi connectivity index (χ0v) is 18.2. The third-order valence-electron chi connectivity index (χ3n) is 6.04. The SMILES string of the molecule is C=C/C=C\c1c(N)ccc(=O)n1CCN1CCC(NCc2ccc(C)c(C)c2)CC1. The number of nitrogen functional groups attached to an aromatic ring is 1. The first-order valence-electron chi connectivity index (χ1n) is 10.8. The molecule has 0 amide bonds. The van der Waals surface area contributed by atoms with E-state index in [0.717, 1.165) is 44.7 Å². The number of anilines is 1. The minimum absolute atomic E-state index is 0.0159. The van der Waals surface area contributed by atoms with Crippen LogP contribution in [0.5, 0.6) is 0 Å². The number of hydrogen-bond acceptors (Lipinski definition) is 4. The van der Waals surface area contributed by atoms with Crippen LogP contribution in [-0.4, -0.2) is 35.1 Å². The highest BCUT2D eigenvalue weighted by atomic mass is 16.1. The third kappa shape index (κ3) is 5.71. The number of hydrogen-bond donors (Lipinski definition) is 2. The molecular weight excluding hydrogens is 372 g/mol. The van der Waals surface area contributed by atoms with Gasteiger partial charge in [-0.15, -0.1) is 0 Å².